The van der Waals surface area contributed by atoms with E-state index in [2.05, 4.69) is 5.16 Å². The van der Waals surface area contributed by atoms with E-state index in [-0.39, 0.29) is 5.84 Å². The van der Waals surface area contributed by atoms with Gasteiger partial charge in [-0.1, -0.05) is 17.3 Å². The minimum absolute atomic E-state index is 0.0797. The van der Waals surface area contributed by atoms with Gasteiger partial charge in [0.05, 0.1) is 0 Å². The van der Waals surface area contributed by atoms with Gasteiger partial charge in [0.2, 0.25) is 0 Å². The normalized spacial score (nSPS) is 11.3. The van der Waals surface area contributed by atoms with Crippen molar-refractivity contribution in [3.8, 4) is 11.5 Å². The van der Waals surface area contributed by atoms with Crippen molar-refractivity contribution >= 4 is 17.6 Å². The van der Waals surface area contributed by atoms with E-state index in [0.29, 0.717) is 11.3 Å². The summed E-state index contributed by atoms with van der Waals surface area (Å²) >= 11 is 1.63. The summed E-state index contributed by atoms with van der Waals surface area (Å²) in [5.74, 6) is 1.60. The van der Waals surface area contributed by atoms with E-state index in [4.69, 9.17) is 15.7 Å². The molecule has 0 unspecified atom stereocenters. The summed E-state index contributed by atoms with van der Waals surface area (Å²) in [7, 11) is 0. The van der Waals surface area contributed by atoms with Gasteiger partial charge in [-0.3, -0.25) is 0 Å². The molecule has 0 saturated heterocycles. The van der Waals surface area contributed by atoms with Crippen LogP contribution in [0.25, 0.3) is 0 Å². The zero-order chi connectivity index (χ0) is 13.7. The Labute approximate surface area is 115 Å². The molecule has 0 radical (unpaired) electrons. The number of nitrogens with two attached hydrogens (primary N) is 1. The van der Waals surface area contributed by atoms with Crippen molar-refractivity contribution in [2.45, 2.75) is 4.90 Å². The average Bonchev–Trinajstić information content (AvgIpc) is 2.48. The van der Waals surface area contributed by atoms with Gasteiger partial charge in [-0.05, 0) is 42.7 Å². The van der Waals surface area contributed by atoms with Crippen LogP contribution in [0.5, 0.6) is 11.5 Å². The molecular formula is C14H14N2O2S. The highest BCUT2D eigenvalue weighted by atomic mass is 32.2. The SMILES string of the molecule is CSc1ccccc1Oc1ccc(C(N)=NO)cc1. The highest BCUT2D eigenvalue weighted by Gasteiger charge is 2.04. The van der Waals surface area contributed by atoms with Gasteiger partial charge in [-0.25, -0.2) is 0 Å². The fourth-order valence-electron chi connectivity index (χ4n) is 1.58. The summed E-state index contributed by atoms with van der Waals surface area (Å²) in [6.45, 7) is 0. The molecule has 0 heterocycles. The number of ether oxygens (including phenoxy) is 1. The highest BCUT2D eigenvalue weighted by Crippen LogP contribution is 2.31. The maximum atomic E-state index is 8.59. The van der Waals surface area contributed by atoms with Crippen LogP contribution in [0, 0.1) is 0 Å². The molecule has 0 aliphatic heterocycles. The Morgan fingerprint density at radius 3 is 2.47 bits per heavy atom. The molecule has 98 valence electrons. The standard InChI is InChI=1S/C14H14N2O2S/c1-19-13-5-3-2-4-12(13)18-11-8-6-10(7-9-11)14(15)16-17/h2-9,17H,1H3,(H2,15,16). The van der Waals surface area contributed by atoms with Crippen LogP contribution in [0.4, 0.5) is 0 Å². The van der Waals surface area contributed by atoms with Crippen molar-refractivity contribution < 1.29 is 9.94 Å². The van der Waals surface area contributed by atoms with Crippen LogP contribution in [0.3, 0.4) is 0 Å². The molecule has 0 saturated carbocycles. The maximum absolute atomic E-state index is 8.59. The Balaban J connectivity index is 2.20. The van der Waals surface area contributed by atoms with Crippen LogP contribution >= 0.6 is 11.8 Å². The van der Waals surface area contributed by atoms with Crippen LogP contribution in [0.1, 0.15) is 5.56 Å². The summed E-state index contributed by atoms with van der Waals surface area (Å²) in [6, 6.07) is 14.9. The van der Waals surface area contributed by atoms with Crippen molar-refractivity contribution in [3.05, 3.63) is 54.1 Å². The summed E-state index contributed by atoms with van der Waals surface area (Å²) in [4.78, 5) is 1.07. The lowest BCUT2D eigenvalue weighted by molar-refractivity contribution is 0.318. The first-order chi connectivity index (χ1) is 9.24. The predicted molar refractivity (Wildman–Crippen MR) is 77.2 cm³/mol. The molecule has 5 heteroatoms. The van der Waals surface area contributed by atoms with Gasteiger partial charge in [0.15, 0.2) is 5.84 Å². The summed E-state index contributed by atoms with van der Waals surface area (Å²) < 4.78 is 5.80. The average molecular weight is 274 g/mol. The van der Waals surface area contributed by atoms with Gasteiger partial charge in [0, 0.05) is 10.5 Å². The number of amidine groups is 1. The molecule has 0 aliphatic rings. The van der Waals surface area contributed by atoms with E-state index in [9.17, 15) is 0 Å². The summed E-state index contributed by atoms with van der Waals surface area (Å²) in [6.07, 6.45) is 2.00. The molecular weight excluding hydrogens is 260 g/mol. The number of hydrogen-bond donors (Lipinski definition) is 2. The molecule has 0 atom stereocenters. The van der Waals surface area contributed by atoms with E-state index in [0.717, 1.165) is 10.6 Å². The van der Waals surface area contributed by atoms with Crippen molar-refractivity contribution in [3.63, 3.8) is 0 Å². The maximum Gasteiger partial charge on any atom is 0.170 e. The molecule has 2 rings (SSSR count). The molecule has 0 bridgehead atoms. The molecule has 0 aromatic heterocycles. The van der Waals surface area contributed by atoms with Gasteiger partial charge < -0.3 is 15.7 Å². The fourth-order valence-corrected chi connectivity index (χ4v) is 2.11. The molecule has 0 fully saturated rings. The van der Waals surface area contributed by atoms with Crippen molar-refractivity contribution in [1.82, 2.24) is 0 Å². The van der Waals surface area contributed by atoms with Crippen LogP contribution < -0.4 is 10.5 Å². The predicted octanol–water partition coefficient (Wildman–Crippen LogP) is 3.30. The first kappa shape index (κ1) is 13.3. The van der Waals surface area contributed by atoms with Crippen LogP contribution in [0.2, 0.25) is 0 Å². The van der Waals surface area contributed by atoms with Gasteiger partial charge >= 0.3 is 0 Å². The minimum Gasteiger partial charge on any atom is -0.456 e. The van der Waals surface area contributed by atoms with Crippen LogP contribution in [-0.2, 0) is 0 Å². The second-order valence-electron chi connectivity index (χ2n) is 3.76. The van der Waals surface area contributed by atoms with Gasteiger partial charge in [0.1, 0.15) is 11.5 Å². The van der Waals surface area contributed by atoms with Crippen molar-refractivity contribution in [1.29, 1.82) is 0 Å². The Morgan fingerprint density at radius 2 is 1.84 bits per heavy atom. The summed E-state index contributed by atoms with van der Waals surface area (Å²) in [5, 5.41) is 11.5. The first-order valence-electron chi connectivity index (χ1n) is 5.63. The Kier molecular flexibility index (Phi) is 4.30. The van der Waals surface area contributed by atoms with E-state index in [1.807, 2.05) is 30.5 Å². The number of thioether (sulfide) groups is 1. The van der Waals surface area contributed by atoms with E-state index in [1.165, 1.54) is 0 Å². The quantitative estimate of drug-likeness (QED) is 0.295. The number of para-hydroxylation sites is 1. The molecule has 2 aromatic rings. The number of hydrogen-bond acceptors (Lipinski definition) is 4. The molecule has 0 spiro atoms. The monoisotopic (exact) mass is 274 g/mol. The highest BCUT2D eigenvalue weighted by molar-refractivity contribution is 7.98. The summed E-state index contributed by atoms with van der Waals surface area (Å²) in [5.41, 5.74) is 6.14. The zero-order valence-electron chi connectivity index (χ0n) is 10.4. The minimum atomic E-state index is 0.0797. The molecule has 0 amide bonds. The lowest BCUT2D eigenvalue weighted by Crippen LogP contribution is -2.12. The zero-order valence-corrected chi connectivity index (χ0v) is 11.2. The van der Waals surface area contributed by atoms with Crippen LogP contribution in [-0.4, -0.2) is 17.3 Å². The molecule has 0 aliphatic carbocycles. The van der Waals surface area contributed by atoms with E-state index < -0.39 is 0 Å². The van der Waals surface area contributed by atoms with Gasteiger partial charge in [-0.15, -0.1) is 11.8 Å². The first-order valence-corrected chi connectivity index (χ1v) is 6.86. The van der Waals surface area contributed by atoms with E-state index in [1.54, 1.807) is 36.0 Å². The number of rotatable bonds is 4. The van der Waals surface area contributed by atoms with Crippen LogP contribution in [0.15, 0.2) is 58.6 Å². The van der Waals surface area contributed by atoms with Gasteiger partial charge in [-0.2, -0.15) is 0 Å². The molecule has 4 nitrogen and oxygen atoms in total. The van der Waals surface area contributed by atoms with E-state index >= 15 is 0 Å². The van der Waals surface area contributed by atoms with Crippen molar-refractivity contribution in [2.75, 3.05) is 6.26 Å². The fraction of sp³-hybridized carbons (Fsp3) is 0.0714. The molecule has 2 aromatic carbocycles. The van der Waals surface area contributed by atoms with Crippen molar-refractivity contribution in [2.24, 2.45) is 10.9 Å². The number of oxime groups is 1. The molecule has 19 heavy (non-hydrogen) atoms. The topological polar surface area (TPSA) is 67.8 Å². The Bertz CT molecular complexity index is 582. The largest absolute Gasteiger partial charge is 0.456 e. The molecule has 3 N–H and O–H groups in total. The third-order valence-electron chi connectivity index (χ3n) is 2.55. The number of benzene rings is 2. The second kappa shape index (κ2) is 6.15. The third kappa shape index (κ3) is 3.20. The third-order valence-corrected chi connectivity index (χ3v) is 3.33. The number of nitrogens with zero attached hydrogens (tertiary/aromatic N) is 1. The lowest BCUT2D eigenvalue weighted by atomic mass is 10.2. The Hall–Kier alpha value is -2.14. The second-order valence-corrected chi connectivity index (χ2v) is 4.61. The smallest absolute Gasteiger partial charge is 0.170 e. The van der Waals surface area contributed by atoms with Gasteiger partial charge in [0.25, 0.3) is 0 Å². The lowest BCUT2D eigenvalue weighted by Gasteiger charge is -2.09. The Morgan fingerprint density at radius 1 is 1.16 bits per heavy atom.